The van der Waals surface area contributed by atoms with E-state index in [4.69, 9.17) is 4.74 Å². The number of amides is 1. The van der Waals surface area contributed by atoms with E-state index >= 15 is 0 Å². The predicted molar refractivity (Wildman–Crippen MR) is 111 cm³/mol. The zero-order chi connectivity index (χ0) is 20.6. The molecule has 29 heavy (non-hydrogen) atoms. The number of carbonyl (C=O) groups is 2. The molecule has 3 heterocycles. The van der Waals surface area contributed by atoms with Crippen molar-refractivity contribution in [3.8, 4) is 21.1 Å². The van der Waals surface area contributed by atoms with Crippen LogP contribution < -0.4 is 5.32 Å². The van der Waals surface area contributed by atoms with Gasteiger partial charge in [0.25, 0.3) is 0 Å². The number of rotatable bonds is 8. The first kappa shape index (κ1) is 20.9. The summed E-state index contributed by atoms with van der Waals surface area (Å²) in [7, 11) is 0. The van der Waals surface area contributed by atoms with Crippen molar-refractivity contribution in [3.63, 3.8) is 0 Å². The molecule has 0 saturated heterocycles. The fourth-order valence-corrected chi connectivity index (χ4v) is 4.00. The Hall–Kier alpha value is -2.85. The smallest absolute Gasteiger partial charge is 0.325 e. The molecular weight excluding hydrogens is 410 g/mol. The molecule has 8 nitrogen and oxygen atoms in total. The molecule has 0 bridgehead atoms. The monoisotopic (exact) mass is 429 g/mol. The van der Waals surface area contributed by atoms with Gasteiger partial charge in [-0.05, 0) is 38.1 Å². The molecule has 0 atom stereocenters. The number of nitrogens with zero attached hydrogens (tertiary/aromatic N) is 4. The van der Waals surface area contributed by atoms with E-state index in [1.54, 1.807) is 19.3 Å². The summed E-state index contributed by atoms with van der Waals surface area (Å²) in [5.74, 6) is -0.591. The first-order valence-corrected chi connectivity index (χ1v) is 10.6. The van der Waals surface area contributed by atoms with Crippen LogP contribution in [0, 0.1) is 6.92 Å². The Morgan fingerprint density at radius 2 is 2.10 bits per heavy atom. The fourth-order valence-electron chi connectivity index (χ4n) is 2.34. The Labute approximate surface area is 176 Å². The summed E-state index contributed by atoms with van der Waals surface area (Å²) in [6.45, 7) is 3.80. The third kappa shape index (κ3) is 5.81. The SMILES string of the molecule is CCOC(=O)CNC(=O)CSc1ccc(-c2sc(-c3cccnc3)nc2C)nn1. The maximum atomic E-state index is 11.8. The Morgan fingerprint density at radius 1 is 1.24 bits per heavy atom. The summed E-state index contributed by atoms with van der Waals surface area (Å²) in [5.41, 5.74) is 2.56. The summed E-state index contributed by atoms with van der Waals surface area (Å²) in [6.07, 6.45) is 3.50. The number of aromatic nitrogens is 4. The summed E-state index contributed by atoms with van der Waals surface area (Å²) >= 11 is 2.78. The van der Waals surface area contributed by atoms with E-state index in [1.165, 1.54) is 23.1 Å². The second-order valence-corrected chi connectivity index (χ2v) is 7.80. The van der Waals surface area contributed by atoms with Crippen LogP contribution in [0.1, 0.15) is 12.6 Å². The number of hydrogen-bond donors (Lipinski definition) is 1. The van der Waals surface area contributed by atoms with E-state index in [-0.39, 0.29) is 24.8 Å². The zero-order valence-corrected chi connectivity index (χ0v) is 17.5. The standard InChI is InChI=1S/C19H19N5O3S2/c1-3-27-17(26)10-21-15(25)11-28-16-7-6-14(23-24-16)18-12(2)22-19(29-18)13-5-4-8-20-9-13/h4-9H,3,10-11H2,1-2H3,(H,21,25). The van der Waals surface area contributed by atoms with Crippen molar-refractivity contribution in [1.82, 2.24) is 25.5 Å². The molecular formula is C19H19N5O3S2. The van der Waals surface area contributed by atoms with Crippen LogP contribution in [0.2, 0.25) is 0 Å². The molecule has 1 amide bonds. The number of ether oxygens (including phenoxy) is 1. The Balaban J connectivity index is 1.59. The highest BCUT2D eigenvalue weighted by Crippen LogP contribution is 2.34. The molecule has 1 N–H and O–H groups in total. The van der Waals surface area contributed by atoms with Crippen LogP contribution in [0.4, 0.5) is 0 Å². The third-order valence-corrected chi connectivity index (χ3v) is 5.81. The predicted octanol–water partition coefficient (Wildman–Crippen LogP) is 2.74. The van der Waals surface area contributed by atoms with Gasteiger partial charge in [0, 0.05) is 18.0 Å². The number of nitrogens with one attached hydrogen (secondary N) is 1. The lowest BCUT2D eigenvalue weighted by Gasteiger charge is -2.04. The molecule has 0 fully saturated rings. The maximum Gasteiger partial charge on any atom is 0.325 e. The van der Waals surface area contributed by atoms with Crippen molar-refractivity contribution in [2.75, 3.05) is 18.9 Å². The third-order valence-electron chi connectivity index (χ3n) is 3.66. The lowest BCUT2D eigenvalue weighted by Crippen LogP contribution is -2.31. The van der Waals surface area contributed by atoms with Gasteiger partial charge in [-0.2, -0.15) is 0 Å². The van der Waals surface area contributed by atoms with E-state index in [1.807, 2.05) is 31.2 Å². The first-order valence-electron chi connectivity index (χ1n) is 8.84. The van der Waals surface area contributed by atoms with Gasteiger partial charge in [-0.3, -0.25) is 14.6 Å². The second-order valence-electron chi connectivity index (χ2n) is 5.80. The van der Waals surface area contributed by atoms with E-state index in [0.29, 0.717) is 5.03 Å². The summed E-state index contributed by atoms with van der Waals surface area (Å²) in [4.78, 5) is 32.7. The highest BCUT2D eigenvalue weighted by Gasteiger charge is 2.13. The average Bonchev–Trinajstić information content (AvgIpc) is 3.13. The minimum absolute atomic E-state index is 0.137. The average molecular weight is 430 g/mol. The number of thioether (sulfide) groups is 1. The van der Waals surface area contributed by atoms with E-state index < -0.39 is 5.97 Å². The lowest BCUT2D eigenvalue weighted by atomic mass is 10.3. The molecule has 0 unspecified atom stereocenters. The molecule has 0 aliphatic rings. The van der Waals surface area contributed by atoms with Gasteiger partial charge in [-0.1, -0.05) is 11.8 Å². The molecule has 3 aromatic heterocycles. The molecule has 0 radical (unpaired) electrons. The molecule has 10 heteroatoms. The molecule has 3 rings (SSSR count). The number of esters is 1. The molecule has 0 aliphatic carbocycles. The number of aryl methyl sites for hydroxylation is 1. The van der Waals surface area contributed by atoms with Crippen molar-refractivity contribution in [2.24, 2.45) is 0 Å². The van der Waals surface area contributed by atoms with Gasteiger partial charge in [-0.25, -0.2) is 4.98 Å². The van der Waals surface area contributed by atoms with Gasteiger partial charge in [0.15, 0.2) is 0 Å². The Bertz CT molecular complexity index is 977. The van der Waals surface area contributed by atoms with Crippen LogP contribution in [-0.4, -0.2) is 50.9 Å². The van der Waals surface area contributed by atoms with Crippen molar-refractivity contribution < 1.29 is 14.3 Å². The summed E-state index contributed by atoms with van der Waals surface area (Å²) in [6, 6.07) is 7.52. The molecule has 3 aromatic rings. The van der Waals surface area contributed by atoms with Gasteiger partial charge in [0.05, 0.1) is 22.9 Å². The largest absolute Gasteiger partial charge is 0.465 e. The first-order chi connectivity index (χ1) is 14.1. The van der Waals surface area contributed by atoms with Crippen LogP contribution in [0.3, 0.4) is 0 Å². The molecule has 0 spiro atoms. The van der Waals surface area contributed by atoms with Crippen molar-refractivity contribution in [1.29, 1.82) is 0 Å². The molecule has 0 aliphatic heterocycles. The molecule has 0 saturated carbocycles. The van der Waals surface area contributed by atoms with Crippen LogP contribution in [0.15, 0.2) is 41.7 Å². The van der Waals surface area contributed by atoms with E-state index in [2.05, 4.69) is 25.5 Å². The van der Waals surface area contributed by atoms with Gasteiger partial charge in [0.2, 0.25) is 5.91 Å². The quantitative estimate of drug-likeness (QED) is 0.430. The van der Waals surface area contributed by atoms with Crippen LogP contribution in [0.5, 0.6) is 0 Å². The summed E-state index contributed by atoms with van der Waals surface area (Å²) < 4.78 is 4.76. The lowest BCUT2D eigenvalue weighted by molar-refractivity contribution is -0.143. The van der Waals surface area contributed by atoms with Crippen molar-refractivity contribution >= 4 is 35.0 Å². The van der Waals surface area contributed by atoms with Crippen LogP contribution in [-0.2, 0) is 14.3 Å². The van der Waals surface area contributed by atoms with E-state index in [9.17, 15) is 9.59 Å². The normalized spacial score (nSPS) is 10.6. The Kier molecular flexibility index (Phi) is 7.25. The molecule has 150 valence electrons. The highest BCUT2D eigenvalue weighted by molar-refractivity contribution is 7.99. The van der Waals surface area contributed by atoms with Crippen molar-refractivity contribution in [2.45, 2.75) is 18.9 Å². The number of hydrogen-bond acceptors (Lipinski definition) is 9. The van der Waals surface area contributed by atoms with Gasteiger partial charge >= 0.3 is 5.97 Å². The number of carbonyl (C=O) groups excluding carboxylic acids is 2. The highest BCUT2D eigenvalue weighted by atomic mass is 32.2. The molecule has 0 aromatic carbocycles. The number of thiazole rings is 1. The maximum absolute atomic E-state index is 11.8. The van der Waals surface area contributed by atoms with E-state index in [0.717, 1.165) is 26.8 Å². The minimum Gasteiger partial charge on any atom is -0.465 e. The van der Waals surface area contributed by atoms with Crippen LogP contribution >= 0.6 is 23.1 Å². The zero-order valence-electron chi connectivity index (χ0n) is 15.9. The summed E-state index contributed by atoms with van der Waals surface area (Å²) in [5, 5.41) is 12.5. The van der Waals surface area contributed by atoms with Gasteiger partial charge in [-0.15, -0.1) is 21.5 Å². The fraction of sp³-hybridized carbons (Fsp3) is 0.263. The number of pyridine rings is 1. The topological polar surface area (TPSA) is 107 Å². The van der Waals surface area contributed by atoms with Gasteiger partial charge < -0.3 is 10.1 Å². The Morgan fingerprint density at radius 3 is 2.79 bits per heavy atom. The van der Waals surface area contributed by atoms with Gasteiger partial charge in [0.1, 0.15) is 22.3 Å². The van der Waals surface area contributed by atoms with Crippen molar-refractivity contribution in [3.05, 3.63) is 42.4 Å². The minimum atomic E-state index is -0.458. The second kappa shape index (κ2) is 10.1. The van der Waals surface area contributed by atoms with Crippen LogP contribution in [0.25, 0.3) is 21.1 Å².